The van der Waals surface area contributed by atoms with Crippen molar-refractivity contribution in [3.63, 3.8) is 0 Å². The van der Waals surface area contributed by atoms with E-state index < -0.39 is 9.85 Å². The summed E-state index contributed by atoms with van der Waals surface area (Å²) in [6.07, 6.45) is 0. The zero-order valence-corrected chi connectivity index (χ0v) is 10.1. The molecule has 0 N–H and O–H groups in total. The normalized spacial score (nSPS) is 9.40. The Hall–Kier alpha value is -3.20. The van der Waals surface area contributed by atoms with E-state index in [0.717, 1.165) is 0 Å². The highest BCUT2D eigenvalue weighted by atomic mass is 16.6. The molecule has 0 atom stereocenters. The molecule has 0 aliphatic carbocycles. The van der Waals surface area contributed by atoms with E-state index in [1.165, 1.54) is 30.3 Å². The number of hydrogen-bond donors (Lipinski definition) is 0. The van der Waals surface area contributed by atoms with Crippen LogP contribution in [0.3, 0.4) is 0 Å². The molecule has 0 amide bonds. The van der Waals surface area contributed by atoms with Gasteiger partial charge in [-0.2, -0.15) is 0 Å². The molecule has 0 radical (unpaired) electrons. The lowest BCUT2D eigenvalue weighted by Gasteiger charge is -1.94. The number of nitrogens with zero attached hydrogens (tertiary/aromatic N) is 2. The van der Waals surface area contributed by atoms with Crippen LogP contribution in [0.15, 0.2) is 48.5 Å². The summed E-state index contributed by atoms with van der Waals surface area (Å²) in [7, 11) is 0. The maximum absolute atomic E-state index is 10.8. The quantitative estimate of drug-likeness (QED) is 0.476. The van der Waals surface area contributed by atoms with Gasteiger partial charge in [0.1, 0.15) is 5.56 Å². The maximum atomic E-state index is 10.8. The fourth-order valence-corrected chi connectivity index (χ4v) is 1.54. The standard InChI is InChI=1S/C14H8N2O4/c17-15(18)13-9-6-11(7-10-13)5-8-12-3-1-2-4-14(12)16(19)20/h1-4,6-7,9-10H. The molecule has 6 nitrogen and oxygen atoms in total. The van der Waals surface area contributed by atoms with Crippen molar-refractivity contribution in [3.8, 4) is 11.8 Å². The molecule has 0 fully saturated rings. The van der Waals surface area contributed by atoms with Crippen LogP contribution in [0.1, 0.15) is 11.1 Å². The summed E-state index contributed by atoms with van der Waals surface area (Å²) >= 11 is 0. The minimum absolute atomic E-state index is 0.0266. The van der Waals surface area contributed by atoms with Crippen molar-refractivity contribution in [2.45, 2.75) is 0 Å². The Kier molecular flexibility index (Phi) is 3.72. The van der Waals surface area contributed by atoms with Gasteiger partial charge >= 0.3 is 0 Å². The smallest absolute Gasteiger partial charge is 0.258 e. The summed E-state index contributed by atoms with van der Waals surface area (Å²) in [5.41, 5.74) is 0.757. The van der Waals surface area contributed by atoms with E-state index in [1.807, 2.05) is 0 Å². The van der Waals surface area contributed by atoms with Crippen LogP contribution in [-0.4, -0.2) is 9.85 Å². The van der Waals surface area contributed by atoms with Crippen LogP contribution in [0.5, 0.6) is 0 Å². The van der Waals surface area contributed by atoms with Crippen molar-refractivity contribution < 1.29 is 9.85 Å². The molecular formula is C14H8N2O4. The van der Waals surface area contributed by atoms with Gasteiger partial charge in [0.2, 0.25) is 0 Å². The van der Waals surface area contributed by atoms with E-state index in [4.69, 9.17) is 0 Å². The predicted molar refractivity (Wildman–Crippen MR) is 72.2 cm³/mol. The lowest BCUT2D eigenvalue weighted by atomic mass is 10.1. The van der Waals surface area contributed by atoms with Crippen molar-refractivity contribution in [2.24, 2.45) is 0 Å². The van der Waals surface area contributed by atoms with Gasteiger partial charge in [-0.15, -0.1) is 0 Å². The van der Waals surface area contributed by atoms with Gasteiger partial charge in [0.05, 0.1) is 9.85 Å². The first kappa shape index (κ1) is 13.2. The Morgan fingerprint density at radius 3 is 2.05 bits per heavy atom. The Morgan fingerprint density at radius 1 is 0.800 bits per heavy atom. The zero-order valence-electron chi connectivity index (χ0n) is 10.1. The number of nitro benzene ring substituents is 2. The average Bonchev–Trinajstić information content (AvgIpc) is 2.45. The Labute approximate surface area is 114 Å². The molecule has 2 aromatic carbocycles. The van der Waals surface area contributed by atoms with Gasteiger partial charge in [0, 0.05) is 23.8 Å². The van der Waals surface area contributed by atoms with E-state index in [9.17, 15) is 20.2 Å². The number of non-ortho nitro benzene ring substituents is 1. The molecule has 0 heterocycles. The first-order valence-corrected chi connectivity index (χ1v) is 5.58. The first-order chi connectivity index (χ1) is 9.58. The number of benzene rings is 2. The number of nitro groups is 2. The minimum atomic E-state index is -0.501. The Bertz CT molecular complexity index is 727. The number of hydrogen-bond acceptors (Lipinski definition) is 4. The van der Waals surface area contributed by atoms with Crippen LogP contribution in [0.4, 0.5) is 11.4 Å². The molecule has 0 spiro atoms. The molecule has 2 aromatic rings. The molecule has 0 bridgehead atoms. The molecule has 2 rings (SSSR count). The molecule has 20 heavy (non-hydrogen) atoms. The van der Waals surface area contributed by atoms with Crippen molar-refractivity contribution >= 4 is 11.4 Å². The van der Waals surface area contributed by atoms with Crippen molar-refractivity contribution in [1.82, 2.24) is 0 Å². The third-order valence-electron chi connectivity index (χ3n) is 2.52. The van der Waals surface area contributed by atoms with Gasteiger partial charge in [-0.05, 0) is 18.2 Å². The van der Waals surface area contributed by atoms with Crippen LogP contribution in [0, 0.1) is 32.1 Å². The highest BCUT2D eigenvalue weighted by Gasteiger charge is 2.09. The second kappa shape index (κ2) is 5.63. The molecule has 0 saturated heterocycles. The number of para-hydroxylation sites is 1. The highest BCUT2D eigenvalue weighted by molar-refractivity contribution is 5.53. The largest absolute Gasteiger partial charge is 0.284 e. The zero-order chi connectivity index (χ0) is 14.5. The van der Waals surface area contributed by atoms with Crippen LogP contribution < -0.4 is 0 Å². The summed E-state index contributed by atoms with van der Waals surface area (Å²) in [5.74, 6) is 5.44. The van der Waals surface area contributed by atoms with E-state index in [1.54, 1.807) is 18.2 Å². The molecule has 0 aromatic heterocycles. The molecule has 98 valence electrons. The highest BCUT2D eigenvalue weighted by Crippen LogP contribution is 2.16. The van der Waals surface area contributed by atoms with E-state index >= 15 is 0 Å². The fourth-order valence-electron chi connectivity index (χ4n) is 1.54. The van der Waals surface area contributed by atoms with Gasteiger partial charge in [0.15, 0.2) is 0 Å². The van der Waals surface area contributed by atoms with Gasteiger partial charge in [-0.25, -0.2) is 0 Å². The van der Waals surface area contributed by atoms with Crippen LogP contribution in [-0.2, 0) is 0 Å². The summed E-state index contributed by atoms with van der Waals surface area (Å²) in [6, 6.07) is 11.8. The summed E-state index contributed by atoms with van der Waals surface area (Å²) < 4.78 is 0. The monoisotopic (exact) mass is 268 g/mol. The van der Waals surface area contributed by atoms with Crippen molar-refractivity contribution in [1.29, 1.82) is 0 Å². The molecule has 0 aliphatic rings. The molecule has 6 heteroatoms. The molecule has 0 aliphatic heterocycles. The minimum Gasteiger partial charge on any atom is -0.258 e. The summed E-state index contributed by atoms with van der Waals surface area (Å²) in [5, 5.41) is 21.3. The topological polar surface area (TPSA) is 86.3 Å². The summed E-state index contributed by atoms with van der Waals surface area (Å²) in [6.45, 7) is 0. The van der Waals surface area contributed by atoms with Gasteiger partial charge in [-0.3, -0.25) is 20.2 Å². The Balaban J connectivity index is 2.31. The van der Waals surface area contributed by atoms with Crippen LogP contribution >= 0.6 is 0 Å². The van der Waals surface area contributed by atoms with Crippen molar-refractivity contribution in [3.05, 3.63) is 79.9 Å². The lowest BCUT2D eigenvalue weighted by molar-refractivity contribution is -0.385. The third-order valence-corrected chi connectivity index (χ3v) is 2.52. The van der Waals surface area contributed by atoms with Gasteiger partial charge < -0.3 is 0 Å². The van der Waals surface area contributed by atoms with Gasteiger partial charge in [-0.1, -0.05) is 24.0 Å². The molecule has 0 saturated carbocycles. The maximum Gasteiger partial charge on any atom is 0.284 e. The van der Waals surface area contributed by atoms with Crippen LogP contribution in [0.2, 0.25) is 0 Å². The Morgan fingerprint density at radius 2 is 1.45 bits per heavy atom. The second-order valence-electron chi connectivity index (χ2n) is 3.83. The van der Waals surface area contributed by atoms with E-state index in [0.29, 0.717) is 11.1 Å². The first-order valence-electron chi connectivity index (χ1n) is 5.58. The van der Waals surface area contributed by atoms with E-state index in [-0.39, 0.29) is 11.4 Å². The predicted octanol–water partition coefficient (Wildman–Crippen LogP) is 2.90. The lowest BCUT2D eigenvalue weighted by Crippen LogP contribution is -1.91. The summed E-state index contributed by atoms with van der Waals surface area (Å²) in [4.78, 5) is 20.3. The van der Waals surface area contributed by atoms with E-state index in [2.05, 4.69) is 11.8 Å². The third kappa shape index (κ3) is 2.97. The van der Waals surface area contributed by atoms with Gasteiger partial charge in [0.25, 0.3) is 11.4 Å². The number of rotatable bonds is 2. The average molecular weight is 268 g/mol. The molecular weight excluding hydrogens is 260 g/mol. The van der Waals surface area contributed by atoms with Crippen LogP contribution in [0.25, 0.3) is 0 Å². The molecule has 0 unspecified atom stereocenters. The fraction of sp³-hybridized carbons (Fsp3) is 0. The SMILES string of the molecule is O=[N+]([O-])c1ccc(C#Cc2ccccc2[N+](=O)[O-])cc1. The van der Waals surface area contributed by atoms with Crippen molar-refractivity contribution in [2.75, 3.05) is 0 Å². The second-order valence-corrected chi connectivity index (χ2v) is 3.83.